The van der Waals surface area contributed by atoms with Gasteiger partial charge in [-0.25, -0.2) is 0 Å². The van der Waals surface area contributed by atoms with Crippen LogP contribution in [-0.2, 0) is 6.54 Å². The molecule has 1 aliphatic rings. The molecule has 1 aromatic carbocycles. The minimum Gasteiger partial charge on any atom is -0.493 e. The number of methoxy groups -OCH3 is 2. The van der Waals surface area contributed by atoms with Gasteiger partial charge in [-0.05, 0) is 17.7 Å². The number of hydrogen-bond acceptors (Lipinski definition) is 5. The van der Waals surface area contributed by atoms with E-state index in [0.29, 0.717) is 0 Å². The molecule has 0 radical (unpaired) electrons. The maximum Gasteiger partial charge on any atom is 0.162 e. The Kier molecular flexibility index (Phi) is 3.81. The van der Waals surface area contributed by atoms with Gasteiger partial charge in [0.2, 0.25) is 0 Å². The van der Waals surface area contributed by atoms with E-state index in [4.69, 9.17) is 9.47 Å². The fourth-order valence-corrected chi connectivity index (χ4v) is 2.59. The van der Waals surface area contributed by atoms with Crippen molar-refractivity contribution < 1.29 is 9.47 Å². The highest BCUT2D eigenvalue weighted by atomic mass is 16.5. The third kappa shape index (κ3) is 2.72. The molecule has 0 amide bonds. The van der Waals surface area contributed by atoms with Crippen molar-refractivity contribution in [2.45, 2.75) is 6.54 Å². The average Bonchev–Trinajstić information content (AvgIpc) is 2.55. The van der Waals surface area contributed by atoms with E-state index in [1.165, 1.54) is 5.56 Å². The molecule has 1 N–H and O–H groups in total. The zero-order valence-electron chi connectivity index (χ0n) is 12.3. The van der Waals surface area contributed by atoms with Crippen LogP contribution in [0.15, 0.2) is 36.7 Å². The molecule has 5 heteroatoms. The van der Waals surface area contributed by atoms with Gasteiger partial charge in [-0.15, -0.1) is 0 Å². The smallest absolute Gasteiger partial charge is 0.162 e. The molecule has 1 aromatic heterocycles. The van der Waals surface area contributed by atoms with Crippen LogP contribution in [0.1, 0.15) is 5.56 Å². The van der Waals surface area contributed by atoms with Crippen molar-refractivity contribution in [1.82, 2.24) is 4.98 Å². The van der Waals surface area contributed by atoms with E-state index in [9.17, 15) is 0 Å². The molecule has 0 saturated heterocycles. The summed E-state index contributed by atoms with van der Waals surface area (Å²) >= 11 is 0. The van der Waals surface area contributed by atoms with Gasteiger partial charge in [-0.2, -0.15) is 0 Å². The lowest BCUT2D eigenvalue weighted by Crippen LogP contribution is -2.33. The van der Waals surface area contributed by atoms with E-state index in [1.54, 1.807) is 14.2 Å². The van der Waals surface area contributed by atoms with Gasteiger partial charge in [0.15, 0.2) is 11.5 Å². The number of fused-ring (bicyclic) bond motifs is 1. The van der Waals surface area contributed by atoms with Gasteiger partial charge in [-0.3, -0.25) is 4.98 Å². The zero-order chi connectivity index (χ0) is 14.7. The molecule has 1 aliphatic heterocycles. The summed E-state index contributed by atoms with van der Waals surface area (Å²) in [5.41, 5.74) is 3.45. The van der Waals surface area contributed by atoms with Gasteiger partial charge in [-0.1, -0.05) is 0 Å². The first-order chi connectivity index (χ1) is 10.3. The molecule has 2 aromatic rings. The van der Waals surface area contributed by atoms with E-state index in [-0.39, 0.29) is 0 Å². The number of nitrogens with one attached hydrogen (secondary N) is 1. The SMILES string of the molecule is COc1cc2c(cc1OC)N(Cc1ccncc1)CCN2. The van der Waals surface area contributed by atoms with E-state index in [0.717, 1.165) is 42.5 Å². The molecule has 0 saturated carbocycles. The Morgan fingerprint density at radius 2 is 1.86 bits per heavy atom. The summed E-state index contributed by atoms with van der Waals surface area (Å²) in [5.74, 6) is 1.49. The largest absolute Gasteiger partial charge is 0.493 e. The number of benzene rings is 1. The number of nitrogens with zero attached hydrogens (tertiary/aromatic N) is 2. The molecule has 21 heavy (non-hydrogen) atoms. The summed E-state index contributed by atoms with van der Waals surface area (Å²) in [6.45, 7) is 2.71. The van der Waals surface area contributed by atoms with Gasteiger partial charge in [0.25, 0.3) is 0 Å². The first kappa shape index (κ1) is 13.5. The molecule has 0 atom stereocenters. The Morgan fingerprint density at radius 3 is 2.57 bits per heavy atom. The van der Waals surface area contributed by atoms with Crippen LogP contribution in [0.25, 0.3) is 0 Å². The van der Waals surface area contributed by atoms with Crippen LogP contribution in [0.4, 0.5) is 11.4 Å². The number of hydrogen-bond donors (Lipinski definition) is 1. The number of ether oxygens (including phenoxy) is 2. The Balaban J connectivity index is 1.93. The lowest BCUT2D eigenvalue weighted by molar-refractivity contribution is 0.355. The Labute approximate surface area is 124 Å². The molecule has 2 heterocycles. The molecule has 0 bridgehead atoms. The van der Waals surface area contributed by atoms with Crippen LogP contribution in [0.5, 0.6) is 11.5 Å². The first-order valence-electron chi connectivity index (χ1n) is 6.95. The van der Waals surface area contributed by atoms with Crippen molar-refractivity contribution >= 4 is 11.4 Å². The van der Waals surface area contributed by atoms with E-state index >= 15 is 0 Å². The highest BCUT2D eigenvalue weighted by Crippen LogP contribution is 2.40. The quantitative estimate of drug-likeness (QED) is 0.935. The molecule has 0 unspecified atom stereocenters. The second kappa shape index (κ2) is 5.91. The summed E-state index contributed by atoms with van der Waals surface area (Å²) in [6, 6.07) is 8.11. The minimum absolute atomic E-state index is 0.745. The summed E-state index contributed by atoms with van der Waals surface area (Å²) in [5, 5.41) is 3.41. The van der Waals surface area contributed by atoms with Crippen LogP contribution < -0.4 is 19.7 Å². The number of pyridine rings is 1. The van der Waals surface area contributed by atoms with Gasteiger partial charge < -0.3 is 19.7 Å². The maximum absolute atomic E-state index is 5.41. The molecule has 0 aliphatic carbocycles. The van der Waals surface area contributed by atoms with Crippen LogP contribution in [0.2, 0.25) is 0 Å². The highest BCUT2D eigenvalue weighted by molar-refractivity contribution is 5.76. The van der Waals surface area contributed by atoms with Gasteiger partial charge in [0.05, 0.1) is 25.6 Å². The Morgan fingerprint density at radius 1 is 1.14 bits per heavy atom. The highest BCUT2D eigenvalue weighted by Gasteiger charge is 2.20. The average molecular weight is 285 g/mol. The molecule has 0 fully saturated rings. The lowest BCUT2D eigenvalue weighted by Gasteiger charge is -2.32. The van der Waals surface area contributed by atoms with E-state index in [1.807, 2.05) is 36.7 Å². The Hall–Kier alpha value is -2.43. The normalized spacial score (nSPS) is 13.3. The third-order valence-corrected chi connectivity index (χ3v) is 3.66. The third-order valence-electron chi connectivity index (χ3n) is 3.66. The predicted molar refractivity (Wildman–Crippen MR) is 83.3 cm³/mol. The van der Waals surface area contributed by atoms with Crippen LogP contribution in [0.3, 0.4) is 0 Å². The summed E-state index contributed by atoms with van der Waals surface area (Å²) in [6.07, 6.45) is 3.65. The molecule has 5 nitrogen and oxygen atoms in total. The fraction of sp³-hybridized carbons (Fsp3) is 0.312. The van der Waals surface area contributed by atoms with Crippen LogP contribution in [-0.4, -0.2) is 32.3 Å². The van der Waals surface area contributed by atoms with Crippen molar-refractivity contribution in [3.8, 4) is 11.5 Å². The molecular weight excluding hydrogens is 266 g/mol. The molecule has 0 spiro atoms. The van der Waals surface area contributed by atoms with Crippen molar-refractivity contribution in [1.29, 1.82) is 0 Å². The second-order valence-electron chi connectivity index (χ2n) is 4.93. The topological polar surface area (TPSA) is 46.6 Å². The first-order valence-corrected chi connectivity index (χ1v) is 6.95. The Bertz CT molecular complexity index is 616. The molecule has 3 rings (SSSR count). The second-order valence-corrected chi connectivity index (χ2v) is 4.93. The van der Waals surface area contributed by atoms with Gasteiger partial charge in [0, 0.05) is 44.2 Å². The maximum atomic E-state index is 5.41. The summed E-state index contributed by atoms with van der Waals surface area (Å²) in [7, 11) is 3.31. The predicted octanol–water partition coefficient (Wildman–Crippen LogP) is 2.53. The standard InChI is InChI=1S/C16H19N3O2/c1-20-15-9-13-14(10-16(15)21-2)19(8-7-18-13)11-12-3-5-17-6-4-12/h3-6,9-10,18H,7-8,11H2,1-2H3. The number of anilines is 2. The van der Waals surface area contributed by atoms with E-state index < -0.39 is 0 Å². The number of rotatable bonds is 4. The fourth-order valence-electron chi connectivity index (χ4n) is 2.59. The van der Waals surface area contributed by atoms with Crippen molar-refractivity contribution in [3.05, 3.63) is 42.2 Å². The van der Waals surface area contributed by atoms with Crippen LogP contribution in [0, 0.1) is 0 Å². The van der Waals surface area contributed by atoms with Crippen molar-refractivity contribution in [3.63, 3.8) is 0 Å². The minimum atomic E-state index is 0.745. The van der Waals surface area contributed by atoms with Gasteiger partial charge in [0.1, 0.15) is 0 Å². The zero-order valence-corrected chi connectivity index (χ0v) is 12.3. The summed E-state index contributed by atoms with van der Waals surface area (Å²) < 4.78 is 10.8. The lowest BCUT2D eigenvalue weighted by atomic mass is 10.1. The monoisotopic (exact) mass is 285 g/mol. The molecule has 110 valence electrons. The summed E-state index contributed by atoms with van der Waals surface area (Å²) in [4.78, 5) is 6.40. The van der Waals surface area contributed by atoms with Crippen LogP contribution >= 0.6 is 0 Å². The van der Waals surface area contributed by atoms with Crippen molar-refractivity contribution in [2.24, 2.45) is 0 Å². The van der Waals surface area contributed by atoms with E-state index in [2.05, 4.69) is 15.2 Å². The van der Waals surface area contributed by atoms with Crippen molar-refractivity contribution in [2.75, 3.05) is 37.5 Å². The number of aromatic nitrogens is 1. The molecular formula is C16H19N3O2. The van der Waals surface area contributed by atoms with Gasteiger partial charge >= 0.3 is 0 Å².